The van der Waals surface area contributed by atoms with Gasteiger partial charge in [0.25, 0.3) is 5.56 Å². The summed E-state index contributed by atoms with van der Waals surface area (Å²) >= 11 is 11.6. The number of hydrogen-bond donors (Lipinski definition) is 0. The molecule has 1 aromatic carbocycles. The standard InChI is InChI=1S/C11H10Cl2N2O/c1-7(5-12)15-6-14-10-3-2-8(13)4-9(10)11(15)16/h2-4,6-7H,5H2,1H3. The summed E-state index contributed by atoms with van der Waals surface area (Å²) in [5.74, 6) is 0.369. The Morgan fingerprint density at radius 2 is 2.25 bits per heavy atom. The molecule has 5 heteroatoms. The van der Waals surface area contributed by atoms with Crippen molar-refractivity contribution in [2.45, 2.75) is 13.0 Å². The Hall–Kier alpha value is -1.06. The Labute approximate surface area is 103 Å². The number of benzene rings is 1. The van der Waals surface area contributed by atoms with E-state index in [1.54, 1.807) is 18.2 Å². The van der Waals surface area contributed by atoms with E-state index in [0.717, 1.165) is 0 Å². The van der Waals surface area contributed by atoms with E-state index >= 15 is 0 Å². The molecule has 0 amide bonds. The average Bonchev–Trinajstić information content (AvgIpc) is 2.29. The lowest BCUT2D eigenvalue weighted by Crippen LogP contribution is -2.24. The number of alkyl halides is 1. The van der Waals surface area contributed by atoms with Gasteiger partial charge in [0.2, 0.25) is 0 Å². The van der Waals surface area contributed by atoms with Crippen LogP contribution in [0.1, 0.15) is 13.0 Å². The summed E-state index contributed by atoms with van der Waals surface area (Å²) in [4.78, 5) is 16.3. The molecule has 1 atom stereocenters. The fourth-order valence-corrected chi connectivity index (χ4v) is 1.82. The highest BCUT2D eigenvalue weighted by Gasteiger charge is 2.09. The number of aromatic nitrogens is 2. The molecule has 0 aliphatic heterocycles. The summed E-state index contributed by atoms with van der Waals surface area (Å²) in [6.45, 7) is 1.87. The molecule has 1 unspecified atom stereocenters. The van der Waals surface area contributed by atoms with Gasteiger partial charge < -0.3 is 0 Å². The fourth-order valence-electron chi connectivity index (χ4n) is 1.50. The number of rotatable bonds is 2. The fraction of sp³-hybridized carbons (Fsp3) is 0.273. The van der Waals surface area contributed by atoms with Gasteiger partial charge in [0, 0.05) is 16.9 Å². The van der Waals surface area contributed by atoms with E-state index in [-0.39, 0.29) is 11.6 Å². The number of nitrogens with zero attached hydrogens (tertiary/aromatic N) is 2. The Balaban J connectivity index is 2.73. The van der Waals surface area contributed by atoms with E-state index < -0.39 is 0 Å². The third kappa shape index (κ3) is 1.93. The quantitative estimate of drug-likeness (QED) is 0.775. The molecule has 0 aliphatic carbocycles. The van der Waals surface area contributed by atoms with Crippen LogP contribution in [0.2, 0.25) is 5.02 Å². The van der Waals surface area contributed by atoms with Crippen LogP contribution in [0.3, 0.4) is 0 Å². The van der Waals surface area contributed by atoms with E-state index in [4.69, 9.17) is 23.2 Å². The molecule has 0 saturated heterocycles. The van der Waals surface area contributed by atoms with Gasteiger partial charge in [-0.25, -0.2) is 4.98 Å². The Morgan fingerprint density at radius 3 is 2.94 bits per heavy atom. The first-order chi connectivity index (χ1) is 7.63. The van der Waals surface area contributed by atoms with Crippen LogP contribution in [0.15, 0.2) is 29.3 Å². The normalized spacial score (nSPS) is 12.9. The molecule has 1 heterocycles. The first-order valence-electron chi connectivity index (χ1n) is 4.86. The Kier molecular flexibility index (Phi) is 3.17. The maximum Gasteiger partial charge on any atom is 0.261 e. The van der Waals surface area contributed by atoms with Gasteiger partial charge in [-0.3, -0.25) is 9.36 Å². The van der Waals surface area contributed by atoms with Crippen molar-refractivity contribution >= 4 is 34.1 Å². The molecule has 0 bridgehead atoms. The highest BCUT2D eigenvalue weighted by atomic mass is 35.5. The monoisotopic (exact) mass is 256 g/mol. The van der Waals surface area contributed by atoms with Gasteiger partial charge in [-0.15, -0.1) is 11.6 Å². The van der Waals surface area contributed by atoms with Crippen LogP contribution in [0.5, 0.6) is 0 Å². The van der Waals surface area contributed by atoms with E-state index in [1.807, 2.05) is 6.92 Å². The lowest BCUT2D eigenvalue weighted by Gasteiger charge is -2.11. The van der Waals surface area contributed by atoms with Gasteiger partial charge in [0.05, 0.1) is 17.2 Å². The van der Waals surface area contributed by atoms with Gasteiger partial charge in [-0.05, 0) is 25.1 Å². The molecule has 2 aromatic rings. The summed E-state index contributed by atoms with van der Waals surface area (Å²) in [6.07, 6.45) is 1.52. The van der Waals surface area contributed by atoms with Crippen LogP contribution in [0, 0.1) is 0 Å². The van der Waals surface area contributed by atoms with Crippen LogP contribution in [0.4, 0.5) is 0 Å². The molecule has 16 heavy (non-hydrogen) atoms. The van der Waals surface area contributed by atoms with E-state index in [2.05, 4.69) is 4.98 Å². The van der Waals surface area contributed by atoms with Crippen molar-refractivity contribution < 1.29 is 0 Å². The first kappa shape index (κ1) is 11.4. The Bertz CT molecular complexity index is 580. The van der Waals surface area contributed by atoms with Crippen molar-refractivity contribution in [1.29, 1.82) is 0 Å². The summed E-state index contributed by atoms with van der Waals surface area (Å²) in [5.41, 5.74) is 0.535. The van der Waals surface area contributed by atoms with Crippen molar-refractivity contribution in [1.82, 2.24) is 9.55 Å². The lowest BCUT2D eigenvalue weighted by atomic mass is 10.2. The molecule has 0 fully saturated rings. The predicted octanol–water partition coefficient (Wildman–Crippen LogP) is 2.85. The van der Waals surface area contributed by atoms with Crippen LogP contribution >= 0.6 is 23.2 Å². The van der Waals surface area contributed by atoms with Gasteiger partial charge in [-0.2, -0.15) is 0 Å². The highest BCUT2D eigenvalue weighted by molar-refractivity contribution is 6.31. The summed E-state index contributed by atoms with van der Waals surface area (Å²) in [5, 5.41) is 1.05. The molecule has 1 aromatic heterocycles. The zero-order valence-electron chi connectivity index (χ0n) is 8.65. The molecule has 0 saturated carbocycles. The summed E-state index contributed by atoms with van der Waals surface area (Å²) in [6, 6.07) is 4.99. The second-order valence-corrected chi connectivity index (χ2v) is 4.37. The SMILES string of the molecule is CC(CCl)n1cnc2ccc(Cl)cc2c1=O. The van der Waals surface area contributed by atoms with Crippen LogP contribution in [-0.4, -0.2) is 15.4 Å². The smallest absolute Gasteiger partial charge is 0.261 e. The van der Waals surface area contributed by atoms with E-state index in [1.165, 1.54) is 10.9 Å². The van der Waals surface area contributed by atoms with Crippen LogP contribution in [-0.2, 0) is 0 Å². The predicted molar refractivity (Wildman–Crippen MR) is 66.4 cm³/mol. The number of fused-ring (bicyclic) bond motifs is 1. The van der Waals surface area contributed by atoms with Crippen molar-refractivity contribution in [3.05, 3.63) is 39.9 Å². The highest BCUT2D eigenvalue weighted by Crippen LogP contribution is 2.15. The van der Waals surface area contributed by atoms with Crippen molar-refractivity contribution in [2.24, 2.45) is 0 Å². The zero-order valence-corrected chi connectivity index (χ0v) is 10.2. The summed E-state index contributed by atoms with van der Waals surface area (Å²) in [7, 11) is 0. The van der Waals surface area contributed by atoms with Crippen LogP contribution in [0.25, 0.3) is 10.9 Å². The van der Waals surface area contributed by atoms with Gasteiger partial charge in [-0.1, -0.05) is 11.6 Å². The first-order valence-corrected chi connectivity index (χ1v) is 5.77. The number of halogens is 2. The topological polar surface area (TPSA) is 34.9 Å². The van der Waals surface area contributed by atoms with Crippen LogP contribution < -0.4 is 5.56 Å². The third-order valence-corrected chi connectivity index (χ3v) is 3.12. The molecule has 84 valence electrons. The van der Waals surface area contributed by atoms with Crippen molar-refractivity contribution in [3.8, 4) is 0 Å². The zero-order chi connectivity index (χ0) is 11.7. The molecule has 0 radical (unpaired) electrons. The molecule has 2 rings (SSSR count). The van der Waals surface area contributed by atoms with Gasteiger partial charge >= 0.3 is 0 Å². The largest absolute Gasteiger partial charge is 0.295 e. The minimum Gasteiger partial charge on any atom is -0.295 e. The minimum atomic E-state index is -0.111. The van der Waals surface area contributed by atoms with Crippen molar-refractivity contribution in [3.63, 3.8) is 0 Å². The molecule has 0 spiro atoms. The second kappa shape index (κ2) is 4.44. The van der Waals surface area contributed by atoms with E-state index in [9.17, 15) is 4.79 Å². The molecule has 3 nitrogen and oxygen atoms in total. The molecular formula is C11H10Cl2N2O. The molecular weight excluding hydrogens is 247 g/mol. The number of hydrogen-bond acceptors (Lipinski definition) is 2. The maximum atomic E-state index is 12.1. The van der Waals surface area contributed by atoms with Gasteiger partial charge in [0.1, 0.15) is 0 Å². The van der Waals surface area contributed by atoms with Crippen molar-refractivity contribution in [2.75, 3.05) is 5.88 Å². The van der Waals surface area contributed by atoms with E-state index in [0.29, 0.717) is 21.8 Å². The molecule has 0 N–H and O–H groups in total. The second-order valence-electron chi connectivity index (χ2n) is 3.62. The minimum absolute atomic E-state index is 0.0787. The Morgan fingerprint density at radius 1 is 1.50 bits per heavy atom. The third-order valence-electron chi connectivity index (χ3n) is 2.44. The molecule has 0 aliphatic rings. The maximum absolute atomic E-state index is 12.1. The van der Waals surface area contributed by atoms with Gasteiger partial charge in [0.15, 0.2) is 0 Å². The summed E-state index contributed by atoms with van der Waals surface area (Å²) < 4.78 is 1.52. The lowest BCUT2D eigenvalue weighted by molar-refractivity contribution is 0.579. The average molecular weight is 257 g/mol.